The third kappa shape index (κ3) is 16.9. The second-order valence-corrected chi connectivity index (χ2v) is 12.9. The van der Waals surface area contributed by atoms with E-state index >= 15 is 0 Å². The Balaban J connectivity index is 0.000000431. The Bertz CT molecular complexity index is 696. The molecule has 2 saturated heterocycles. The molecule has 0 aromatic heterocycles. The summed E-state index contributed by atoms with van der Waals surface area (Å²) in [5.74, 6) is 0.102. The molecular formula is C33H69N5O5. The fourth-order valence-corrected chi connectivity index (χ4v) is 5.69. The monoisotopic (exact) mass is 616 g/mol. The van der Waals surface area contributed by atoms with Crippen LogP contribution in [0.5, 0.6) is 0 Å². The van der Waals surface area contributed by atoms with Gasteiger partial charge < -0.3 is 29.2 Å². The number of hydrogen-bond acceptors (Lipinski definition) is 9. The Morgan fingerprint density at radius 2 is 1.33 bits per heavy atom. The van der Waals surface area contributed by atoms with E-state index in [1.807, 2.05) is 13.8 Å². The lowest BCUT2D eigenvalue weighted by Crippen LogP contribution is -2.51. The molecule has 3 rings (SSSR count). The Labute approximate surface area is 265 Å². The molecule has 256 valence electrons. The zero-order valence-electron chi connectivity index (χ0n) is 28.9. The minimum absolute atomic E-state index is 0. The summed E-state index contributed by atoms with van der Waals surface area (Å²) in [7, 11) is 2.16. The summed E-state index contributed by atoms with van der Waals surface area (Å²) in [5, 5.41) is 2.82. The first-order valence-corrected chi connectivity index (χ1v) is 17.3. The van der Waals surface area contributed by atoms with Gasteiger partial charge in [0.1, 0.15) is 0 Å². The van der Waals surface area contributed by atoms with Gasteiger partial charge in [0.25, 0.3) is 0 Å². The van der Waals surface area contributed by atoms with Crippen molar-refractivity contribution in [3.05, 3.63) is 0 Å². The molecule has 1 aliphatic carbocycles. The van der Waals surface area contributed by atoms with Crippen molar-refractivity contribution < 1.29 is 25.2 Å². The molecule has 2 heterocycles. The van der Waals surface area contributed by atoms with Crippen LogP contribution in [0.1, 0.15) is 68.7 Å². The second kappa shape index (κ2) is 22.6. The van der Waals surface area contributed by atoms with Gasteiger partial charge in [-0.3, -0.25) is 19.5 Å². The topological polar surface area (TPSA) is 79.0 Å². The smallest absolute Gasteiger partial charge is 0.222 e. The van der Waals surface area contributed by atoms with E-state index in [1.165, 1.54) is 39.0 Å². The van der Waals surface area contributed by atoms with Crippen LogP contribution in [0.3, 0.4) is 0 Å². The molecule has 1 amide bonds. The molecule has 1 N–H and O–H groups in total. The van der Waals surface area contributed by atoms with Crippen molar-refractivity contribution in [2.75, 3.05) is 112 Å². The van der Waals surface area contributed by atoms with E-state index < -0.39 is 0 Å². The average molecular weight is 616 g/mol. The number of nitrogens with one attached hydrogen (secondary N) is 1. The molecule has 10 heteroatoms. The fraction of sp³-hybridized carbons (Fsp3) is 0.970. The predicted molar refractivity (Wildman–Crippen MR) is 177 cm³/mol. The first-order chi connectivity index (χ1) is 20.7. The number of carbonyl (C=O) groups excluding carboxylic acids is 1. The molecule has 0 aromatic carbocycles. The highest BCUT2D eigenvalue weighted by Gasteiger charge is 2.31. The summed E-state index contributed by atoms with van der Waals surface area (Å²) in [5.41, 5.74) is 0. The minimum atomic E-state index is 0. The Morgan fingerprint density at radius 1 is 0.767 bits per heavy atom. The van der Waals surface area contributed by atoms with Gasteiger partial charge in [-0.2, -0.15) is 0 Å². The van der Waals surface area contributed by atoms with Crippen LogP contribution in [-0.4, -0.2) is 162 Å². The van der Waals surface area contributed by atoms with E-state index in [9.17, 15) is 4.79 Å². The largest absolute Gasteiger partial charge is 0.378 e. The van der Waals surface area contributed by atoms with Crippen molar-refractivity contribution in [1.29, 1.82) is 0 Å². The van der Waals surface area contributed by atoms with E-state index in [2.05, 4.69) is 59.7 Å². The SMILES string of the molecule is CC(C)C(=O)NCCOCCOCCN1CCN(C)CC1.CCC(CC)N1CCN(CCOC2CC(OC(C)C)C2)CC1.[HH]. The van der Waals surface area contributed by atoms with Crippen LogP contribution < -0.4 is 5.32 Å². The second-order valence-electron chi connectivity index (χ2n) is 12.9. The maximum Gasteiger partial charge on any atom is 0.222 e. The van der Waals surface area contributed by atoms with Gasteiger partial charge in [-0.25, -0.2) is 0 Å². The van der Waals surface area contributed by atoms with Crippen molar-refractivity contribution in [2.24, 2.45) is 5.92 Å². The van der Waals surface area contributed by atoms with Gasteiger partial charge in [0.2, 0.25) is 5.91 Å². The first-order valence-electron chi connectivity index (χ1n) is 17.3. The molecule has 1 saturated carbocycles. The van der Waals surface area contributed by atoms with Crippen LogP contribution in [-0.2, 0) is 23.7 Å². The van der Waals surface area contributed by atoms with Crippen molar-refractivity contribution in [3.8, 4) is 0 Å². The number of nitrogens with zero attached hydrogens (tertiary/aromatic N) is 4. The van der Waals surface area contributed by atoms with E-state index in [0.29, 0.717) is 44.7 Å². The highest BCUT2D eigenvalue weighted by molar-refractivity contribution is 5.77. The summed E-state index contributed by atoms with van der Waals surface area (Å²) >= 11 is 0. The number of ether oxygens (including phenoxy) is 4. The van der Waals surface area contributed by atoms with Crippen LogP contribution >= 0.6 is 0 Å². The van der Waals surface area contributed by atoms with E-state index in [0.717, 1.165) is 71.4 Å². The number of hydrogen-bond donors (Lipinski definition) is 1. The zero-order chi connectivity index (χ0) is 31.5. The molecule has 0 bridgehead atoms. The van der Waals surface area contributed by atoms with E-state index in [1.54, 1.807) is 0 Å². The van der Waals surface area contributed by atoms with Gasteiger partial charge in [0.15, 0.2) is 0 Å². The summed E-state index contributed by atoms with van der Waals surface area (Å²) in [4.78, 5) is 21.3. The van der Waals surface area contributed by atoms with Crippen molar-refractivity contribution in [1.82, 2.24) is 24.9 Å². The Kier molecular flexibility index (Phi) is 20.2. The predicted octanol–water partition coefficient (Wildman–Crippen LogP) is 3.05. The lowest BCUT2D eigenvalue weighted by atomic mass is 9.92. The molecule has 3 fully saturated rings. The molecule has 0 spiro atoms. The van der Waals surface area contributed by atoms with Crippen molar-refractivity contribution >= 4 is 5.91 Å². The van der Waals surface area contributed by atoms with Crippen molar-refractivity contribution in [3.63, 3.8) is 0 Å². The lowest BCUT2D eigenvalue weighted by molar-refractivity contribution is -0.124. The molecule has 0 atom stereocenters. The molecule has 43 heavy (non-hydrogen) atoms. The van der Waals surface area contributed by atoms with Crippen LogP contribution in [0.25, 0.3) is 0 Å². The number of likely N-dealkylation sites (N-methyl/N-ethyl adjacent to an activating group) is 1. The van der Waals surface area contributed by atoms with Gasteiger partial charge in [-0.1, -0.05) is 27.7 Å². The third-order valence-corrected chi connectivity index (χ3v) is 8.73. The summed E-state index contributed by atoms with van der Waals surface area (Å²) in [6.07, 6.45) is 5.95. The van der Waals surface area contributed by atoms with Gasteiger partial charge in [0.05, 0.1) is 51.3 Å². The Hall–Kier alpha value is -0.850. The van der Waals surface area contributed by atoms with Gasteiger partial charge in [-0.05, 0) is 46.6 Å². The van der Waals surface area contributed by atoms with E-state index in [4.69, 9.17) is 18.9 Å². The van der Waals surface area contributed by atoms with E-state index in [-0.39, 0.29) is 13.3 Å². The first kappa shape index (κ1) is 38.3. The molecule has 2 aliphatic heterocycles. The Morgan fingerprint density at radius 3 is 1.88 bits per heavy atom. The van der Waals surface area contributed by atoms with Gasteiger partial charge in [-0.15, -0.1) is 0 Å². The van der Waals surface area contributed by atoms with Crippen LogP contribution in [0.4, 0.5) is 0 Å². The van der Waals surface area contributed by atoms with Crippen molar-refractivity contribution in [2.45, 2.75) is 91.6 Å². The summed E-state index contributed by atoms with van der Waals surface area (Å²) < 4.78 is 22.7. The number of rotatable bonds is 19. The number of piperazine rings is 2. The third-order valence-electron chi connectivity index (χ3n) is 8.73. The minimum Gasteiger partial charge on any atom is -0.378 e. The summed E-state index contributed by atoms with van der Waals surface area (Å²) in [6, 6.07) is 0.784. The zero-order valence-corrected chi connectivity index (χ0v) is 28.9. The molecule has 0 aromatic rings. The van der Waals surface area contributed by atoms with Gasteiger partial charge >= 0.3 is 0 Å². The van der Waals surface area contributed by atoms with Crippen LogP contribution in [0, 0.1) is 5.92 Å². The molecular weight excluding hydrogens is 546 g/mol. The lowest BCUT2D eigenvalue weighted by Gasteiger charge is -2.39. The van der Waals surface area contributed by atoms with Crippen LogP contribution in [0.2, 0.25) is 0 Å². The highest BCUT2D eigenvalue weighted by Crippen LogP contribution is 2.27. The molecule has 10 nitrogen and oxygen atoms in total. The average Bonchev–Trinajstić information content (AvgIpc) is 2.97. The molecule has 3 aliphatic rings. The number of amides is 1. The quantitative estimate of drug-likeness (QED) is 0.221. The summed E-state index contributed by atoms with van der Waals surface area (Å²) in [6.45, 7) is 28.0. The fourth-order valence-electron chi connectivity index (χ4n) is 5.69. The maximum absolute atomic E-state index is 11.3. The van der Waals surface area contributed by atoms with Crippen LogP contribution in [0.15, 0.2) is 0 Å². The van der Waals surface area contributed by atoms with Gasteiger partial charge in [0, 0.05) is 85.4 Å². The number of carbonyl (C=O) groups is 1. The maximum atomic E-state index is 11.3. The normalized spacial score (nSPS) is 22.6. The molecule has 0 radical (unpaired) electrons. The highest BCUT2D eigenvalue weighted by atomic mass is 16.5. The standard InChI is InChI=1S/C18H36N2O2.C15H31N3O3.H2/c1-5-16(6-2)20-9-7-19(8-10-20)11-12-21-17-13-18(14-17)22-15(3)4;1-14(2)15(19)16-4-10-20-12-13-21-11-9-18-7-5-17(3)6-8-18;/h15-18H,5-14H2,1-4H3;14H,4-13H2,1-3H3,(H,16,19);1H. The molecule has 0 unspecified atom stereocenters.